The quantitative estimate of drug-likeness (QED) is 0.281. The predicted molar refractivity (Wildman–Crippen MR) is 33.6 cm³/mol. The second-order valence-electron chi connectivity index (χ2n) is 1.09. The van der Waals surface area contributed by atoms with Crippen molar-refractivity contribution in [2.45, 2.75) is 13.3 Å². The molecule has 0 bridgehead atoms. The van der Waals surface area contributed by atoms with Gasteiger partial charge in [0.05, 0.1) is 0 Å². The van der Waals surface area contributed by atoms with E-state index in [1.54, 1.807) is 0 Å². The molecule has 0 amide bonds. The molecule has 0 saturated heterocycles. The van der Waals surface area contributed by atoms with Crippen molar-refractivity contribution in [2.75, 3.05) is 7.11 Å². The summed E-state index contributed by atoms with van der Waals surface area (Å²) < 4.78 is 0. The molecule has 2 heteroatoms. The first-order valence-electron chi connectivity index (χ1n) is 2.45. The second-order valence-corrected chi connectivity index (χ2v) is 1.09. The molecular formula is C6H9NO. The van der Waals surface area contributed by atoms with E-state index in [0.717, 1.165) is 6.42 Å². The highest BCUT2D eigenvalue weighted by atomic mass is 16.6. The van der Waals surface area contributed by atoms with Gasteiger partial charge in [-0.2, -0.15) is 0 Å². The fraction of sp³-hybridized carbons (Fsp3) is 0.500. The molecule has 0 aromatic carbocycles. The molecule has 44 valence electrons. The topological polar surface area (TPSA) is 21.6 Å². The number of hydrogen-bond acceptors (Lipinski definition) is 2. The third-order valence-corrected chi connectivity index (χ3v) is 0.502. The van der Waals surface area contributed by atoms with E-state index in [9.17, 15) is 0 Å². The van der Waals surface area contributed by atoms with Crippen LogP contribution in [0.15, 0.2) is 5.16 Å². The van der Waals surface area contributed by atoms with Gasteiger partial charge in [-0.3, -0.25) is 0 Å². The Hall–Kier alpha value is -0.970. The minimum Gasteiger partial charge on any atom is -0.399 e. The molecule has 8 heavy (non-hydrogen) atoms. The largest absolute Gasteiger partial charge is 0.399 e. The maximum absolute atomic E-state index is 4.36. The molecule has 0 N–H and O–H groups in total. The monoisotopic (exact) mass is 111 g/mol. The van der Waals surface area contributed by atoms with E-state index in [0.29, 0.717) is 0 Å². The normalized spacial score (nSPS) is 8.25. The van der Waals surface area contributed by atoms with Crippen LogP contribution in [0, 0.1) is 11.8 Å². The summed E-state index contributed by atoms with van der Waals surface area (Å²) in [7, 11) is 1.49. The minimum absolute atomic E-state index is 0.857. The highest BCUT2D eigenvalue weighted by Crippen LogP contribution is 1.65. The summed E-state index contributed by atoms with van der Waals surface area (Å²) in [4.78, 5) is 4.36. The van der Waals surface area contributed by atoms with E-state index < -0.39 is 0 Å². The van der Waals surface area contributed by atoms with Crippen molar-refractivity contribution < 1.29 is 4.84 Å². The lowest BCUT2D eigenvalue weighted by atomic mass is 10.5. The van der Waals surface area contributed by atoms with Crippen LogP contribution in [0.25, 0.3) is 0 Å². The Labute approximate surface area is 49.5 Å². The Bertz CT molecular complexity index is 118. The summed E-state index contributed by atoms with van der Waals surface area (Å²) in [6.45, 7) is 1.98. The Morgan fingerprint density at radius 1 is 1.75 bits per heavy atom. The molecule has 0 heterocycles. The number of nitrogens with zero attached hydrogens (tertiary/aromatic N) is 1. The zero-order chi connectivity index (χ0) is 6.24. The van der Waals surface area contributed by atoms with Gasteiger partial charge in [-0.25, -0.2) is 0 Å². The minimum atomic E-state index is 0.857. The fourth-order valence-corrected chi connectivity index (χ4v) is 0.227. The van der Waals surface area contributed by atoms with E-state index in [-0.39, 0.29) is 0 Å². The highest BCUT2D eigenvalue weighted by Gasteiger charge is 1.58. The fourth-order valence-electron chi connectivity index (χ4n) is 0.227. The van der Waals surface area contributed by atoms with Crippen LogP contribution in [-0.2, 0) is 4.84 Å². The molecule has 0 aliphatic rings. The van der Waals surface area contributed by atoms with Gasteiger partial charge in [0, 0.05) is 6.42 Å². The maximum atomic E-state index is 4.36. The van der Waals surface area contributed by atoms with E-state index in [4.69, 9.17) is 0 Å². The van der Waals surface area contributed by atoms with E-state index >= 15 is 0 Å². The maximum Gasteiger partial charge on any atom is 0.116 e. The second kappa shape index (κ2) is 6.03. The van der Waals surface area contributed by atoms with Gasteiger partial charge < -0.3 is 4.84 Å². The van der Waals surface area contributed by atoms with Crippen molar-refractivity contribution in [3.05, 3.63) is 0 Å². The van der Waals surface area contributed by atoms with Crippen molar-refractivity contribution in [1.82, 2.24) is 0 Å². The molecule has 0 spiro atoms. The SMILES string of the molecule is CCC#C/C=N/OC. The van der Waals surface area contributed by atoms with Crippen molar-refractivity contribution in [1.29, 1.82) is 0 Å². The van der Waals surface area contributed by atoms with E-state index in [1.165, 1.54) is 13.3 Å². The first kappa shape index (κ1) is 7.03. The van der Waals surface area contributed by atoms with Crippen molar-refractivity contribution in [3.63, 3.8) is 0 Å². The van der Waals surface area contributed by atoms with E-state index in [1.807, 2.05) is 6.92 Å². The summed E-state index contributed by atoms with van der Waals surface area (Å²) >= 11 is 0. The molecule has 0 radical (unpaired) electrons. The Morgan fingerprint density at radius 2 is 2.50 bits per heavy atom. The van der Waals surface area contributed by atoms with Crippen LogP contribution in [0.2, 0.25) is 0 Å². The zero-order valence-electron chi connectivity index (χ0n) is 5.14. The molecule has 0 aliphatic carbocycles. The first-order chi connectivity index (χ1) is 3.91. The lowest BCUT2D eigenvalue weighted by molar-refractivity contribution is 0.216. The molecule has 0 atom stereocenters. The number of hydrogen-bond donors (Lipinski definition) is 0. The summed E-state index contributed by atoms with van der Waals surface area (Å²) in [5, 5.41) is 3.41. The summed E-state index contributed by atoms with van der Waals surface area (Å²) in [5.41, 5.74) is 0. The van der Waals surface area contributed by atoms with Crippen LogP contribution < -0.4 is 0 Å². The van der Waals surface area contributed by atoms with Crippen LogP contribution in [0.1, 0.15) is 13.3 Å². The van der Waals surface area contributed by atoms with Gasteiger partial charge in [-0.15, -0.1) is 0 Å². The van der Waals surface area contributed by atoms with Crippen LogP contribution in [0.5, 0.6) is 0 Å². The van der Waals surface area contributed by atoms with Gasteiger partial charge in [0.25, 0.3) is 0 Å². The lowest BCUT2D eigenvalue weighted by Gasteiger charge is -1.76. The molecule has 0 fully saturated rings. The Morgan fingerprint density at radius 3 is 3.00 bits per heavy atom. The highest BCUT2D eigenvalue weighted by molar-refractivity contribution is 5.77. The third kappa shape index (κ3) is 5.03. The van der Waals surface area contributed by atoms with Gasteiger partial charge in [-0.1, -0.05) is 23.9 Å². The predicted octanol–water partition coefficient (Wildman–Crippen LogP) is 1.03. The molecule has 0 aromatic heterocycles. The summed E-state index contributed by atoms with van der Waals surface area (Å²) in [5.74, 6) is 5.47. The summed E-state index contributed by atoms with van der Waals surface area (Å²) in [6, 6.07) is 0. The molecule has 0 rings (SSSR count). The van der Waals surface area contributed by atoms with Crippen molar-refractivity contribution in [3.8, 4) is 11.8 Å². The third-order valence-electron chi connectivity index (χ3n) is 0.502. The standard InChI is InChI=1S/C6H9NO/c1-3-4-5-6-7-8-2/h6H,3H2,1-2H3/b7-6+. The van der Waals surface area contributed by atoms with Gasteiger partial charge in [0.15, 0.2) is 0 Å². The zero-order valence-corrected chi connectivity index (χ0v) is 5.14. The number of oxime groups is 1. The lowest BCUT2D eigenvalue weighted by Crippen LogP contribution is -1.68. The van der Waals surface area contributed by atoms with Gasteiger partial charge in [0.1, 0.15) is 13.3 Å². The van der Waals surface area contributed by atoms with Crippen LogP contribution >= 0.6 is 0 Å². The molecule has 0 aromatic rings. The molecule has 0 saturated carbocycles. The van der Waals surface area contributed by atoms with Gasteiger partial charge in [-0.05, 0) is 0 Å². The summed E-state index contributed by atoms with van der Waals surface area (Å²) in [6.07, 6.45) is 2.29. The molecular weight excluding hydrogens is 102 g/mol. The van der Waals surface area contributed by atoms with Gasteiger partial charge >= 0.3 is 0 Å². The van der Waals surface area contributed by atoms with Crippen LogP contribution in [0.4, 0.5) is 0 Å². The van der Waals surface area contributed by atoms with Crippen molar-refractivity contribution >= 4 is 6.21 Å². The average molecular weight is 111 g/mol. The number of rotatable bonds is 1. The average Bonchev–Trinajstić information content (AvgIpc) is 1.81. The first-order valence-corrected chi connectivity index (χ1v) is 2.45. The smallest absolute Gasteiger partial charge is 0.116 e. The molecule has 0 unspecified atom stereocenters. The molecule has 0 aliphatic heterocycles. The van der Waals surface area contributed by atoms with Crippen LogP contribution in [-0.4, -0.2) is 13.3 Å². The van der Waals surface area contributed by atoms with Crippen LogP contribution in [0.3, 0.4) is 0 Å². The Kier molecular flexibility index (Phi) is 5.30. The van der Waals surface area contributed by atoms with Gasteiger partial charge in [0.2, 0.25) is 0 Å². The van der Waals surface area contributed by atoms with Crippen molar-refractivity contribution in [2.24, 2.45) is 5.16 Å². The molecule has 2 nitrogen and oxygen atoms in total. The van der Waals surface area contributed by atoms with E-state index in [2.05, 4.69) is 21.8 Å². The Balaban J connectivity index is 3.26.